The molecule has 1 N–H and O–H groups in total. The molecule has 0 aromatic carbocycles. The molecular formula is C15H20N4O2S. The molecule has 2 fully saturated rings. The van der Waals surface area contributed by atoms with Crippen LogP contribution in [0.2, 0.25) is 0 Å². The maximum atomic E-state index is 12.3. The minimum Gasteiger partial charge on any atom is -0.368 e. The van der Waals surface area contributed by atoms with Crippen LogP contribution in [-0.2, 0) is 9.53 Å². The standard InChI is InChI=1S/C15H20N4O2S/c1-15(10-16,11-2-3-11)18-13(20)9-19-5-6-21-12(8-19)14-17-4-7-22-14/h4,7,11-12H,2-3,5-6,8-9H2,1H3,(H,18,20). The summed E-state index contributed by atoms with van der Waals surface area (Å²) in [6, 6.07) is 2.26. The van der Waals surface area contributed by atoms with Crippen molar-refractivity contribution < 1.29 is 9.53 Å². The summed E-state index contributed by atoms with van der Waals surface area (Å²) in [6.07, 6.45) is 3.75. The van der Waals surface area contributed by atoms with Gasteiger partial charge in [-0.25, -0.2) is 4.98 Å². The SMILES string of the molecule is CC(C#N)(NC(=O)CN1CCOC(c2nccs2)C1)C1CC1. The van der Waals surface area contributed by atoms with Crippen LogP contribution in [0.4, 0.5) is 0 Å². The Labute approximate surface area is 134 Å². The van der Waals surface area contributed by atoms with E-state index in [1.807, 2.05) is 12.3 Å². The topological polar surface area (TPSA) is 78.2 Å². The van der Waals surface area contributed by atoms with Crippen LogP contribution >= 0.6 is 11.3 Å². The zero-order valence-corrected chi connectivity index (χ0v) is 13.4. The van der Waals surface area contributed by atoms with Gasteiger partial charge in [-0.3, -0.25) is 9.69 Å². The molecule has 0 radical (unpaired) electrons. The van der Waals surface area contributed by atoms with Gasteiger partial charge < -0.3 is 10.1 Å². The van der Waals surface area contributed by atoms with E-state index in [1.165, 1.54) is 0 Å². The number of nitriles is 1. The third-order valence-corrected chi connectivity index (χ3v) is 5.14. The van der Waals surface area contributed by atoms with E-state index in [1.54, 1.807) is 17.5 Å². The lowest BCUT2D eigenvalue weighted by Crippen LogP contribution is -2.51. The maximum Gasteiger partial charge on any atom is 0.235 e. The molecule has 1 aliphatic heterocycles. The summed E-state index contributed by atoms with van der Waals surface area (Å²) >= 11 is 1.57. The van der Waals surface area contributed by atoms with Crippen LogP contribution in [0.15, 0.2) is 11.6 Å². The average Bonchev–Trinajstić information content (AvgIpc) is 3.23. The van der Waals surface area contributed by atoms with Gasteiger partial charge in [0.2, 0.25) is 5.91 Å². The Balaban J connectivity index is 1.54. The minimum absolute atomic E-state index is 0.0627. The minimum atomic E-state index is -0.724. The highest BCUT2D eigenvalue weighted by Crippen LogP contribution is 2.39. The second kappa shape index (κ2) is 6.32. The first-order valence-electron chi connectivity index (χ1n) is 7.56. The highest BCUT2D eigenvalue weighted by atomic mass is 32.1. The van der Waals surface area contributed by atoms with Crippen LogP contribution in [0.1, 0.15) is 30.9 Å². The number of morpholine rings is 1. The van der Waals surface area contributed by atoms with Crippen molar-refractivity contribution in [2.75, 3.05) is 26.2 Å². The first kappa shape index (κ1) is 15.4. The Bertz CT molecular complexity index is 567. The van der Waals surface area contributed by atoms with Gasteiger partial charge >= 0.3 is 0 Å². The fourth-order valence-electron chi connectivity index (χ4n) is 2.80. The lowest BCUT2D eigenvalue weighted by molar-refractivity contribution is -0.125. The van der Waals surface area contributed by atoms with Crippen LogP contribution in [-0.4, -0.2) is 47.6 Å². The number of thiazole rings is 1. The van der Waals surface area contributed by atoms with E-state index >= 15 is 0 Å². The smallest absolute Gasteiger partial charge is 0.235 e. The van der Waals surface area contributed by atoms with Crippen molar-refractivity contribution in [3.05, 3.63) is 16.6 Å². The second-order valence-electron chi connectivity index (χ2n) is 6.10. The molecule has 2 atom stereocenters. The quantitative estimate of drug-likeness (QED) is 0.885. The molecule has 1 saturated heterocycles. The molecule has 1 amide bonds. The summed E-state index contributed by atoms with van der Waals surface area (Å²) in [4.78, 5) is 18.6. The first-order chi connectivity index (χ1) is 10.6. The number of nitrogens with one attached hydrogen (secondary N) is 1. The number of carbonyl (C=O) groups excluding carboxylic acids is 1. The number of amides is 1. The van der Waals surface area contributed by atoms with Gasteiger partial charge in [0.25, 0.3) is 0 Å². The van der Waals surface area contributed by atoms with Gasteiger partial charge in [-0.15, -0.1) is 11.3 Å². The molecule has 7 heteroatoms. The predicted octanol–water partition coefficient (Wildman–Crippen LogP) is 1.32. The van der Waals surface area contributed by atoms with Crippen LogP contribution in [0.25, 0.3) is 0 Å². The third-order valence-electron chi connectivity index (χ3n) is 4.27. The molecule has 6 nitrogen and oxygen atoms in total. The number of aromatic nitrogens is 1. The largest absolute Gasteiger partial charge is 0.368 e. The number of carbonyl (C=O) groups is 1. The number of hydrogen-bond donors (Lipinski definition) is 1. The zero-order chi connectivity index (χ0) is 15.6. The molecular weight excluding hydrogens is 300 g/mol. The Morgan fingerprint density at radius 3 is 3.14 bits per heavy atom. The Morgan fingerprint density at radius 1 is 1.68 bits per heavy atom. The number of ether oxygens (including phenoxy) is 1. The molecule has 1 saturated carbocycles. The Morgan fingerprint density at radius 2 is 2.50 bits per heavy atom. The van der Waals surface area contributed by atoms with Crippen molar-refractivity contribution in [3.63, 3.8) is 0 Å². The van der Waals surface area contributed by atoms with Gasteiger partial charge in [0, 0.05) is 24.7 Å². The van der Waals surface area contributed by atoms with Gasteiger partial charge in [0.1, 0.15) is 16.7 Å². The van der Waals surface area contributed by atoms with E-state index in [2.05, 4.69) is 21.3 Å². The van der Waals surface area contributed by atoms with Crippen LogP contribution in [0.3, 0.4) is 0 Å². The van der Waals surface area contributed by atoms with Gasteiger partial charge in [0.15, 0.2) is 0 Å². The zero-order valence-electron chi connectivity index (χ0n) is 12.6. The fraction of sp³-hybridized carbons (Fsp3) is 0.667. The highest BCUT2D eigenvalue weighted by Gasteiger charge is 2.43. The summed E-state index contributed by atoms with van der Waals surface area (Å²) < 4.78 is 5.73. The molecule has 1 aromatic rings. The van der Waals surface area contributed by atoms with Crippen LogP contribution in [0, 0.1) is 17.2 Å². The first-order valence-corrected chi connectivity index (χ1v) is 8.44. The van der Waals surface area contributed by atoms with E-state index < -0.39 is 5.54 Å². The van der Waals surface area contributed by atoms with E-state index in [9.17, 15) is 10.1 Å². The molecule has 1 aliphatic carbocycles. The maximum absolute atomic E-state index is 12.3. The Kier molecular flexibility index (Phi) is 4.43. The lowest BCUT2D eigenvalue weighted by Gasteiger charge is -2.32. The summed E-state index contributed by atoms with van der Waals surface area (Å²) in [6.45, 7) is 4.10. The molecule has 2 aliphatic rings. The molecule has 2 heterocycles. The van der Waals surface area contributed by atoms with Crippen molar-refractivity contribution in [3.8, 4) is 6.07 Å². The normalized spacial score (nSPS) is 25.2. The van der Waals surface area contributed by atoms with E-state index in [-0.39, 0.29) is 12.0 Å². The average molecular weight is 320 g/mol. The molecule has 22 heavy (non-hydrogen) atoms. The molecule has 0 spiro atoms. The monoisotopic (exact) mass is 320 g/mol. The molecule has 3 rings (SSSR count). The predicted molar refractivity (Wildman–Crippen MR) is 82.1 cm³/mol. The third kappa shape index (κ3) is 3.46. The summed E-state index contributed by atoms with van der Waals surface area (Å²) in [5, 5.41) is 15.1. The Hall–Kier alpha value is -1.49. The fourth-order valence-corrected chi connectivity index (χ4v) is 3.48. The van der Waals surface area contributed by atoms with E-state index in [4.69, 9.17) is 4.74 Å². The number of hydrogen-bond acceptors (Lipinski definition) is 6. The summed E-state index contributed by atoms with van der Waals surface area (Å²) in [5.74, 6) is 0.213. The summed E-state index contributed by atoms with van der Waals surface area (Å²) in [5.41, 5.74) is -0.724. The summed E-state index contributed by atoms with van der Waals surface area (Å²) in [7, 11) is 0. The molecule has 2 unspecified atom stereocenters. The number of rotatable bonds is 5. The second-order valence-corrected chi connectivity index (χ2v) is 7.03. The molecule has 118 valence electrons. The van der Waals surface area contributed by atoms with Gasteiger partial charge in [0.05, 0.1) is 19.2 Å². The van der Waals surface area contributed by atoms with Crippen molar-refractivity contribution in [1.29, 1.82) is 5.26 Å². The lowest BCUT2D eigenvalue weighted by atomic mass is 9.98. The van der Waals surface area contributed by atoms with Crippen molar-refractivity contribution in [1.82, 2.24) is 15.2 Å². The van der Waals surface area contributed by atoms with Crippen LogP contribution < -0.4 is 5.32 Å². The molecule has 0 bridgehead atoms. The number of nitrogens with zero attached hydrogens (tertiary/aromatic N) is 3. The van der Waals surface area contributed by atoms with E-state index in [0.717, 1.165) is 24.4 Å². The van der Waals surface area contributed by atoms with Crippen LogP contribution in [0.5, 0.6) is 0 Å². The molecule has 1 aromatic heterocycles. The van der Waals surface area contributed by atoms with Crippen molar-refractivity contribution in [2.24, 2.45) is 5.92 Å². The van der Waals surface area contributed by atoms with Gasteiger partial charge in [-0.1, -0.05) is 0 Å². The van der Waals surface area contributed by atoms with Gasteiger partial charge in [-0.2, -0.15) is 5.26 Å². The van der Waals surface area contributed by atoms with Gasteiger partial charge in [-0.05, 0) is 25.7 Å². The van der Waals surface area contributed by atoms with E-state index in [0.29, 0.717) is 25.6 Å². The van der Waals surface area contributed by atoms with Crippen molar-refractivity contribution in [2.45, 2.75) is 31.4 Å². The highest BCUT2D eigenvalue weighted by molar-refractivity contribution is 7.09. The van der Waals surface area contributed by atoms with Crippen molar-refractivity contribution >= 4 is 17.2 Å².